The summed E-state index contributed by atoms with van der Waals surface area (Å²) in [6.45, 7) is 22.9. The number of esters is 1. The quantitative estimate of drug-likeness (QED) is 0.0979. The summed E-state index contributed by atoms with van der Waals surface area (Å²) in [7, 11) is -4.38. The summed E-state index contributed by atoms with van der Waals surface area (Å²) in [6, 6.07) is 0. The lowest BCUT2D eigenvalue weighted by molar-refractivity contribution is -0.170. The molecule has 0 aromatic rings. The van der Waals surface area contributed by atoms with Gasteiger partial charge in [-0.1, -0.05) is 64.1 Å². The van der Waals surface area contributed by atoms with Gasteiger partial charge in [0.1, 0.15) is 9.49 Å². The van der Waals surface area contributed by atoms with Gasteiger partial charge in [-0.25, -0.2) is 0 Å². The second-order valence-corrected chi connectivity index (χ2v) is 22.7. The molecule has 0 aromatic heterocycles. The molecule has 30 heavy (non-hydrogen) atoms. The Kier molecular flexibility index (Phi) is 11.6. The Hall–Kier alpha value is 0.314. The Morgan fingerprint density at radius 2 is 1.47 bits per heavy atom. The van der Waals surface area contributed by atoms with Crippen LogP contribution in [-0.2, 0) is 27.9 Å². The first-order valence-electron chi connectivity index (χ1n) is 10.1. The van der Waals surface area contributed by atoms with Crippen LogP contribution >= 0.6 is 34.2 Å². The molecule has 0 rings (SSSR count). The highest BCUT2D eigenvalue weighted by Gasteiger charge is 2.47. The molecule has 6 nitrogen and oxygen atoms in total. The van der Waals surface area contributed by atoms with E-state index in [0.717, 1.165) is 0 Å². The lowest BCUT2D eigenvalue weighted by Crippen LogP contribution is -2.55. The van der Waals surface area contributed by atoms with Gasteiger partial charge in [-0.05, 0) is 36.3 Å². The van der Waals surface area contributed by atoms with E-state index in [-0.39, 0.29) is 16.7 Å². The number of hydrogen-bond donors (Lipinski definition) is 0. The zero-order chi connectivity index (χ0) is 24.1. The lowest BCUT2D eigenvalue weighted by atomic mass is 10.1. The van der Waals surface area contributed by atoms with Gasteiger partial charge < -0.3 is 18.3 Å². The summed E-state index contributed by atoms with van der Waals surface area (Å²) in [4.78, 5) is 23.2. The molecule has 0 bridgehead atoms. The lowest BCUT2D eigenvalue weighted by Gasteiger charge is -2.43. The van der Waals surface area contributed by atoms with Crippen LogP contribution in [0.5, 0.6) is 0 Å². The number of carbonyl (C=O) groups excluding carboxylic acids is 2. The zero-order valence-corrected chi connectivity index (χ0v) is 25.2. The molecule has 10 heteroatoms. The fraction of sp³-hybridized carbons (Fsp3) is 0.900. The van der Waals surface area contributed by atoms with E-state index >= 15 is 0 Å². The maximum atomic E-state index is 11.9. The van der Waals surface area contributed by atoms with Crippen molar-refractivity contribution in [2.45, 2.75) is 106 Å². The van der Waals surface area contributed by atoms with Gasteiger partial charge in [0.25, 0.3) is 6.47 Å². The van der Waals surface area contributed by atoms with E-state index in [9.17, 15) is 9.59 Å². The van der Waals surface area contributed by atoms with Crippen molar-refractivity contribution in [3.63, 3.8) is 0 Å². The third kappa shape index (κ3) is 9.05. The molecule has 0 aliphatic heterocycles. The molecule has 0 fully saturated rings. The van der Waals surface area contributed by atoms with Gasteiger partial charge in [0.15, 0.2) is 28.8 Å². The Balaban J connectivity index is 5.98. The predicted molar refractivity (Wildman–Crippen MR) is 135 cm³/mol. The summed E-state index contributed by atoms with van der Waals surface area (Å²) in [5.74, 6) is -0.496. The van der Waals surface area contributed by atoms with Crippen LogP contribution in [0.4, 0.5) is 0 Å². The van der Waals surface area contributed by atoms with Crippen LogP contribution in [0.3, 0.4) is 0 Å². The van der Waals surface area contributed by atoms with Crippen molar-refractivity contribution in [3.05, 3.63) is 0 Å². The van der Waals surface area contributed by atoms with Crippen LogP contribution in [0.15, 0.2) is 0 Å². The van der Waals surface area contributed by atoms with Crippen LogP contribution in [0.1, 0.15) is 48.5 Å². The molecule has 0 aliphatic rings. The molecule has 0 aliphatic carbocycles. The molecule has 0 heterocycles. The second-order valence-electron chi connectivity index (χ2n) is 10.6. The average molecular weight is 595 g/mol. The molecular formula is C20H40ClIO6Si2. The Morgan fingerprint density at radius 3 is 1.80 bits per heavy atom. The van der Waals surface area contributed by atoms with Crippen molar-refractivity contribution < 1.29 is 27.9 Å². The monoisotopic (exact) mass is 594 g/mol. The van der Waals surface area contributed by atoms with Gasteiger partial charge in [-0.3, -0.25) is 9.59 Å². The molecule has 1 unspecified atom stereocenters. The molecule has 0 saturated heterocycles. The second kappa shape index (κ2) is 11.4. The van der Waals surface area contributed by atoms with Crippen molar-refractivity contribution in [1.29, 1.82) is 0 Å². The zero-order valence-electron chi connectivity index (χ0n) is 20.3. The fourth-order valence-electron chi connectivity index (χ4n) is 2.11. The van der Waals surface area contributed by atoms with E-state index in [0.29, 0.717) is 6.47 Å². The van der Waals surface area contributed by atoms with Crippen LogP contribution in [0, 0.1) is 0 Å². The number of alkyl halides is 2. The van der Waals surface area contributed by atoms with Crippen molar-refractivity contribution in [2.24, 2.45) is 0 Å². The summed E-state index contributed by atoms with van der Waals surface area (Å²) in [6.07, 6.45) is -2.37. The number of carbonyl (C=O) groups is 2. The molecule has 0 spiro atoms. The Bertz CT molecular complexity index is 573. The van der Waals surface area contributed by atoms with E-state index < -0.39 is 44.3 Å². The highest BCUT2D eigenvalue weighted by atomic mass is 127. The van der Waals surface area contributed by atoms with Gasteiger partial charge >= 0.3 is 5.97 Å². The molecule has 0 amide bonds. The first kappa shape index (κ1) is 30.3. The minimum absolute atomic E-state index is 0.0228. The predicted octanol–water partition coefficient (Wildman–Crippen LogP) is 5.87. The highest BCUT2D eigenvalue weighted by molar-refractivity contribution is 14.1. The first-order chi connectivity index (χ1) is 13.3. The number of ether oxygens (including phenoxy) is 2. The third-order valence-corrected chi connectivity index (χ3v) is 16.1. The molecule has 0 aromatic carbocycles. The minimum Gasteiger partial charge on any atom is -0.458 e. The minimum atomic E-state index is -2.26. The molecule has 0 radical (unpaired) electrons. The Labute approximate surface area is 203 Å². The van der Waals surface area contributed by atoms with Gasteiger partial charge in [0, 0.05) is 6.92 Å². The summed E-state index contributed by atoms with van der Waals surface area (Å²) in [5, 5.41) is -0.0991. The molecule has 0 saturated carbocycles. The summed E-state index contributed by atoms with van der Waals surface area (Å²) < 4.78 is 23.3. The van der Waals surface area contributed by atoms with Crippen LogP contribution in [0.2, 0.25) is 36.3 Å². The molecule has 178 valence electrons. The van der Waals surface area contributed by atoms with E-state index in [1.54, 1.807) is 0 Å². The Morgan fingerprint density at radius 1 is 1.00 bits per heavy atom. The number of halogens is 2. The smallest absolute Gasteiger partial charge is 0.303 e. The number of rotatable bonds is 11. The maximum absolute atomic E-state index is 11.9. The molecule has 4 atom stereocenters. The first-order valence-corrected chi connectivity index (χ1v) is 17.6. The number of hydrogen-bond acceptors (Lipinski definition) is 6. The van der Waals surface area contributed by atoms with E-state index in [4.69, 9.17) is 29.9 Å². The van der Waals surface area contributed by atoms with Crippen molar-refractivity contribution in [1.82, 2.24) is 0 Å². The summed E-state index contributed by atoms with van der Waals surface area (Å²) >= 11 is 8.55. The van der Waals surface area contributed by atoms with Gasteiger partial charge in [-0.2, -0.15) is 0 Å². The van der Waals surface area contributed by atoms with E-state index in [1.807, 2.05) is 22.6 Å². The van der Waals surface area contributed by atoms with Gasteiger partial charge in [0.2, 0.25) is 0 Å². The van der Waals surface area contributed by atoms with Crippen molar-refractivity contribution in [2.75, 3.05) is 6.61 Å². The SMILES string of the molecule is CC(=O)O[C@H]([C@H](O[Si](C)(C)C(C)(C)C)C(Cl)I)[C@@H](CO[Si](C)(C)C(C)(C)C)OC=O. The molecular weight excluding hydrogens is 555 g/mol. The normalized spacial score (nSPS) is 17.6. The van der Waals surface area contributed by atoms with E-state index in [2.05, 4.69) is 67.7 Å². The van der Waals surface area contributed by atoms with Crippen LogP contribution in [0.25, 0.3) is 0 Å². The molecule has 0 N–H and O–H groups in total. The average Bonchev–Trinajstić information content (AvgIpc) is 2.52. The third-order valence-electron chi connectivity index (χ3n) is 6.12. The highest BCUT2D eigenvalue weighted by Crippen LogP contribution is 2.40. The standard InChI is InChI=1S/C20H40ClIO6Si2/c1-14(24)27-16(17(18(21)22)28-30(10,11)20(5,6)7)15(25-13-23)12-26-29(8,9)19(2,3)4/h13,15-18H,12H2,1-11H3/t15-,16+,17+,18?/m1/s1. The van der Waals surface area contributed by atoms with Gasteiger partial charge in [0.05, 0.1) is 6.61 Å². The van der Waals surface area contributed by atoms with E-state index in [1.165, 1.54) is 6.92 Å². The largest absolute Gasteiger partial charge is 0.458 e. The maximum Gasteiger partial charge on any atom is 0.303 e. The van der Waals surface area contributed by atoms with Crippen molar-refractivity contribution in [3.8, 4) is 0 Å². The van der Waals surface area contributed by atoms with Crippen LogP contribution < -0.4 is 0 Å². The van der Waals surface area contributed by atoms with Crippen LogP contribution in [-0.4, -0.2) is 57.4 Å². The topological polar surface area (TPSA) is 71.1 Å². The fourth-order valence-corrected chi connectivity index (χ4v) is 5.55. The summed E-state index contributed by atoms with van der Waals surface area (Å²) in [5.41, 5.74) is 0. The van der Waals surface area contributed by atoms with Gasteiger partial charge in [-0.15, -0.1) is 11.6 Å². The van der Waals surface area contributed by atoms with Crippen molar-refractivity contribution >= 4 is 63.3 Å².